The molecule has 1 unspecified atom stereocenters. The van der Waals surface area contributed by atoms with E-state index >= 15 is 0 Å². The van der Waals surface area contributed by atoms with E-state index < -0.39 is 6.10 Å². The quantitative estimate of drug-likeness (QED) is 0.308. The maximum absolute atomic E-state index is 11.5. The van der Waals surface area contributed by atoms with Crippen LogP contribution in [0, 0.1) is 17.3 Å². The number of aliphatic hydroxyl groups excluding tert-OH is 2. The summed E-state index contributed by atoms with van der Waals surface area (Å²) < 4.78 is 4.47. The number of rotatable bonds is 10. The zero-order valence-electron chi connectivity index (χ0n) is 18.9. The Hall–Kier alpha value is -1.72. The predicted octanol–water partition coefficient (Wildman–Crippen LogP) is 4.53. The molecule has 2 saturated carbocycles. The molecule has 2 aliphatic carbocycles. The smallest absolute Gasteiger partial charge is 0.305 e. The summed E-state index contributed by atoms with van der Waals surface area (Å²) in [5, 5.41) is 20.2. The Morgan fingerprint density at radius 3 is 2.53 bits per heavy atom. The number of hydrogen-bond donors (Lipinski definition) is 2. The number of hydrogen-bond acceptors (Lipinski definition) is 5. The Labute approximate surface area is 181 Å². The SMILES string of the molecule is C/C=C\CCCC(=O)OC.C=CCC1(C(O)C/C=C/[C@H]2[C@H](O)CC(=O)[C@@H]2C)CCC1. The first-order valence-corrected chi connectivity index (χ1v) is 11.2. The summed E-state index contributed by atoms with van der Waals surface area (Å²) in [7, 11) is 1.41. The fourth-order valence-electron chi connectivity index (χ4n) is 4.21. The molecule has 4 atom stereocenters. The molecule has 0 aromatic carbocycles. The standard InChI is InChI=1S/C17H26O3.C8H14O2/c1-3-8-17(9-5-10-17)16(20)7-4-6-13-12(2)14(18)11-15(13)19;1-3-4-5-6-7-8(9)10-2/h3-4,6,12-13,15-16,19-20H,1,5,7-11H2,2H3;3-4H,5-7H2,1-2H3/b6-4+;4-3-/t12-,13-,15-,16?;/m1./s1. The minimum absolute atomic E-state index is 0.0157. The van der Waals surface area contributed by atoms with Crippen molar-refractivity contribution in [2.45, 2.75) is 83.8 Å². The molecule has 0 saturated heterocycles. The van der Waals surface area contributed by atoms with Crippen LogP contribution in [0.25, 0.3) is 0 Å². The summed E-state index contributed by atoms with van der Waals surface area (Å²) in [4.78, 5) is 22.1. The third kappa shape index (κ3) is 7.84. The number of ketones is 1. The Bertz CT molecular complexity index is 603. The molecule has 2 N–H and O–H groups in total. The molecule has 0 heterocycles. The number of carbonyl (C=O) groups is 2. The lowest BCUT2D eigenvalue weighted by molar-refractivity contribution is -0.140. The van der Waals surface area contributed by atoms with Crippen molar-refractivity contribution in [1.82, 2.24) is 0 Å². The molecule has 2 fully saturated rings. The lowest BCUT2D eigenvalue weighted by Crippen LogP contribution is -2.40. The van der Waals surface area contributed by atoms with Crippen molar-refractivity contribution >= 4 is 11.8 Å². The first-order chi connectivity index (χ1) is 14.3. The van der Waals surface area contributed by atoms with Crippen LogP contribution < -0.4 is 0 Å². The molecular formula is C25H40O5. The topological polar surface area (TPSA) is 83.8 Å². The average molecular weight is 421 g/mol. The molecule has 0 spiro atoms. The van der Waals surface area contributed by atoms with E-state index in [-0.39, 0.29) is 41.5 Å². The molecule has 0 amide bonds. The van der Waals surface area contributed by atoms with Gasteiger partial charge < -0.3 is 14.9 Å². The van der Waals surface area contributed by atoms with Gasteiger partial charge in [0.15, 0.2) is 0 Å². The highest BCUT2D eigenvalue weighted by molar-refractivity contribution is 5.84. The summed E-state index contributed by atoms with van der Waals surface area (Å²) in [6.45, 7) is 7.62. The van der Waals surface area contributed by atoms with E-state index in [4.69, 9.17) is 0 Å². The van der Waals surface area contributed by atoms with E-state index in [0.29, 0.717) is 12.8 Å². The maximum Gasteiger partial charge on any atom is 0.305 e. The van der Waals surface area contributed by atoms with Gasteiger partial charge in [-0.05, 0) is 45.4 Å². The third-order valence-corrected chi connectivity index (χ3v) is 6.48. The van der Waals surface area contributed by atoms with Crippen LogP contribution in [-0.4, -0.2) is 41.3 Å². The zero-order chi connectivity index (χ0) is 22.6. The van der Waals surface area contributed by atoms with Crippen molar-refractivity contribution < 1.29 is 24.5 Å². The Morgan fingerprint density at radius 2 is 2.07 bits per heavy atom. The van der Waals surface area contributed by atoms with Gasteiger partial charge in [0.2, 0.25) is 0 Å². The molecule has 5 heteroatoms. The van der Waals surface area contributed by atoms with E-state index in [1.807, 2.05) is 44.2 Å². The summed E-state index contributed by atoms with van der Waals surface area (Å²) >= 11 is 0. The normalized spacial score (nSPS) is 26.2. The Morgan fingerprint density at radius 1 is 1.37 bits per heavy atom. The van der Waals surface area contributed by atoms with Gasteiger partial charge in [-0.15, -0.1) is 6.58 Å². The van der Waals surface area contributed by atoms with Crippen LogP contribution in [-0.2, 0) is 14.3 Å². The number of Topliss-reactive ketones (excluding diaryl/α,β-unsaturated/α-hetero) is 1. The minimum Gasteiger partial charge on any atom is -0.469 e. The van der Waals surface area contributed by atoms with Crippen molar-refractivity contribution in [2.75, 3.05) is 7.11 Å². The highest BCUT2D eigenvalue weighted by Crippen LogP contribution is 2.48. The highest BCUT2D eigenvalue weighted by atomic mass is 16.5. The molecule has 30 heavy (non-hydrogen) atoms. The predicted molar refractivity (Wildman–Crippen MR) is 120 cm³/mol. The Kier molecular flexibility index (Phi) is 11.9. The van der Waals surface area contributed by atoms with Crippen molar-refractivity contribution in [3.63, 3.8) is 0 Å². The minimum atomic E-state index is -0.559. The Balaban J connectivity index is 0.000000382. The number of ether oxygens (including phenoxy) is 1. The van der Waals surface area contributed by atoms with Gasteiger partial charge in [-0.3, -0.25) is 9.59 Å². The molecule has 0 aliphatic heterocycles. The van der Waals surface area contributed by atoms with Gasteiger partial charge in [0.05, 0.1) is 19.3 Å². The van der Waals surface area contributed by atoms with Gasteiger partial charge in [0.1, 0.15) is 5.78 Å². The van der Waals surface area contributed by atoms with Gasteiger partial charge in [-0.2, -0.15) is 0 Å². The second-order valence-electron chi connectivity index (χ2n) is 8.53. The van der Waals surface area contributed by atoms with E-state index in [0.717, 1.165) is 32.1 Å². The number of methoxy groups -OCH3 is 1. The molecule has 5 nitrogen and oxygen atoms in total. The van der Waals surface area contributed by atoms with E-state index in [1.165, 1.54) is 13.5 Å². The van der Waals surface area contributed by atoms with Crippen molar-refractivity contribution in [3.05, 3.63) is 37.0 Å². The zero-order valence-corrected chi connectivity index (χ0v) is 18.9. The first-order valence-electron chi connectivity index (χ1n) is 11.2. The summed E-state index contributed by atoms with van der Waals surface area (Å²) in [5.74, 6) is -0.185. The largest absolute Gasteiger partial charge is 0.469 e. The van der Waals surface area contributed by atoms with E-state index in [1.54, 1.807) is 0 Å². The van der Waals surface area contributed by atoms with Crippen LogP contribution in [0.3, 0.4) is 0 Å². The van der Waals surface area contributed by atoms with Crippen LogP contribution in [0.5, 0.6) is 0 Å². The first kappa shape index (κ1) is 26.3. The number of carbonyl (C=O) groups excluding carboxylic acids is 2. The van der Waals surface area contributed by atoms with Crippen LogP contribution in [0.1, 0.15) is 71.6 Å². The van der Waals surface area contributed by atoms with Crippen LogP contribution in [0.15, 0.2) is 37.0 Å². The van der Waals surface area contributed by atoms with E-state index in [2.05, 4.69) is 11.3 Å². The summed E-state index contributed by atoms with van der Waals surface area (Å²) in [5.41, 5.74) is 0.0157. The highest BCUT2D eigenvalue weighted by Gasteiger charge is 2.42. The van der Waals surface area contributed by atoms with Gasteiger partial charge in [-0.25, -0.2) is 0 Å². The second kappa shape index (κ2) is 13.6. The number of allylic oxidation sites excluding steroid dienone is 3. The van der Waals surface area contributed by atoms with Crippen LogP contribution in [0.4, 0.5) is 0 Å². The molecule has 0 bridgehead atoms. The molecule has 0 aromatic heterocycles. The second-order valence-corrected chi connectivity index (χ2v) is 8.53. The van der Waals surface area contributed by atoms with Gasteiger partial charge in [0, 0.05) is 30.1 Å². The number of aliphatic hydroxyl groups is 2. The molecular weight excluding hydrogens is 380 g/mol. The fraction of sp³-hybridized carbons (Fsp3) is 0.680. The molecule has 0 aromatic rings. The molecule has 170 valence electrons. The lowest BCUT2D eigenvalue weighted by Gasteiger charge is -2.45. The fourth-order valence-corrected chi connectivity index (χ4v) is 4.21. The monoisotopic (exact) mass is 420 g/mol. The van der Waals surface area contributed by atoms with Crippen molar-refractivity contribution in [2.24, 2.45) is 17.3 Å². The number of esters is 1. The summed E-state index contributed by atoms with van der Waals surface area (Å²) in [6.07, 6.45) is 16.3. The van der Waals surface area contributed by atoms with E-state index in [9.17, 15) is 19.8 Å². The number of unbranched alkanes of at least 4 members (excludes halogenated alkanes) is 1. The molecule has 2 rings (SSSR count). The molecule has 2 aliphatic rings. The van der Waals surface area contributed by atoms with Gasteiger partial charge in [-0.1, -0.05) is 43.7 Å². The van der Waals surface area contributed by atoms with Crippen LogP contribution in [0.2, 0.25) is 0 Å². The van der Waals surface area contributed by atoms with Crippen molar-refractivity contribution in [1.29, 1.82) is 0 Å². The average Bonchev–Trinajstić information content (AvgIpc) is 2.94. The third-order valence-electron chi connectivity index (χ3n) is 6.48. The van der Waals surface area contributed by atoms with Crippen LogP contribution >= 0.6 is 0 Å². The maximum atomic E-state index is 11.5. The molecule has 0 radical (unpaired) electrons. The van der Waals surface area contributed by atoms with Crippen molar-refractivity contribution in [3.8, 4) is 0 Å². The summed E-state index contributed by atoms with van der Waals surface area (Å²) in [6, 6.07) is 0. The lowest BCUT2D eigenvalue weighted by atomic mass is 9.62. The van der Waals surface area contributed by atoms with Gasteiger partial charge in [0.25, 0.3) is 0 Å². The van der Waals surface area contributed by atoms with Gasteiger partial charge >= 0.3 is 5.97 Å².